The molecule has 1 atom stereocenters. The molecule has 1 amide bonds. The number of nitrogens with zero attached hydrogens (tertiary/aromatic N) is 3. The maximum absolute atomic E-state index is 12.7. The molecule has 1 fully saturated rings. The lowest BCUT2D eigenvalue weighted by atomic mass is 10.2. The van der Waals surface area contributed by atoms with Crippen molar-refractivity contribution >= 4 is 28.2 Å². The lowest BCUT2D eigenvalue weighted by Gasteiger charge is -2.29. The van der Waals surface area contributed by atoms with Crippen molar-refractivity contribution in [2.75, 3.05) is 44.8 Å². The van der Waals surface area contributed by atoms with Gasteiger partial charge in [-0.3, -0.25) is 4.79 Å². The van der Waals surface area contributed by atoms with E-state index in [9.17, 15) is 4.79 Å². The van der Waals surface area contributed by atoms with Crippen LogP contribution in [0.5, 0.6) is 0 Å². The van der Waals surface area contributed by atoms with E-state index in [2.05, 4.69) is 29.2 Å². The number of thiazole rings is 1. The highest BCUT2D eigenvalue weighted by atomic mass is 32.1. The minimum Gasteiger partial charge on any atom is -0.382 e. The number of hydrogen-bond acceptors (Lipinski definition) is 6. The first-order valence-corrected chi connectivity index (χ1v) is 7.82. The number of hydrogen-bond donors (Lipinski definition) is 2. The molecule has 0 radical (unpaired) electrons. The molecule has 1 saturated heterocycles. The van der Waals surface area contributed by atoms with E-state index in [0.717, 1.165) is 32.5 Å². The molecule has 0 spiro atoms. The predicted octanol–water partition coefficient (Wildman–Crippen LogP) is 1.32. The quantitative estimate of drug-likeness (QED) is 0.880. The molecule has 0 bridgehead atoms. The number of rotatable bonds is 3. The summed E-state index contributed by atoms with van der Waals surface area (Å²) in [6, 6.07) is 0.245. The molecule has 1 aromatic rings. The molecule has 112 valence electrons. The first kappa shape index (κ1) is 15.1. The third-order valence-corrected chi connectivity index (χ3v) is 4.77. The number of nitrogen functional groups attached to an aromatic ring is 1. The van der Waals surface area contributed by atoms with Crippen LogP contribution in [0, 0.1) is 0 Å². The average Bonchev–Trinajstić information content (AvgIpc) is 2.70. The van der Waals surface area contributed by atoms with Crippen LogP contribution in [0.25, 0.3) is 0 Å². The van der Waals surface area contributed by atoms with Gasteiger partial charge < -0.3 is 20.9 Å². The van der Waals surface area contributed by atoms with Gasteiger partial charge in [0.25, 0.3) is 5.91 Å². The third-order valence-electron chi connectivity index (χ3n) is 3.70. The molecule has 6 nitrogen and oxygen atoms in total. The van der Waals surface area contributed by atoms with Gasteiger partial charge >= 0.3 is 0 Å². The van der Waals surface area contributed by atoms with Crippen LogP contribution >= 0.6 is 11.3 Å². The molecule has 1 unspecified atom stereocenters. The van der Waals surface area contributed by atoms with Gasteiger partial charge in [0.1, 0.15) is 10.7 Å². The molecular formula is C13H23N5OS. The normalized spacial score (nSPS) is 20.8. The highest BCUT2D eigenvalue weighted by Crippen LogP contribution is 2.27. The molecule has 1 aliphatic heterocycles. The summed E-state index contributed by atoms with van der Waals surface area (Å²) in [5.41, 5.74) is 5.88. The van der Waals surface area contributed by atoms with E-state index in [1.54, 1.807) is 7.05 Å². The van der Waals surface area contributed by atoms with Gasteiger partial charge in [-0.05, 0) is 26.4 Å². The maximum Gasteiger partial charge on any atom is 0.268 e. The van der Waals surface area contributed by atoms with Crippen LogP contribution in [-0.4, -0.2) is 60.5 Å². The van der Waals surface area contributed by atoms with Gasteiger partial charge in [0.2, 0.25) is 0 Å². The zero-order chi connectivity index (χ0) is 14.7. The lowest BCUT2D eigenvalue weighted by Crippen LogP contribution is -2.43. The summed E-state index contributed by atoms with van der Waals surface area (Å²) in [5.74, 6) is 0.348. The summed E-state index contributed by atoms with van der Waals surface area (Å²) in [4.78, 5) is 21.7. The Hall–Kier alpha value is -1.34. The smallest absolute Gasteiger partial charge is 0.268 e. The molecule has 2 heterocycles. The molecule has 7 heteroatoms. The fourth-order valence-electron chi connectivity index (χ4n) is 2.58. The fraction of sp³-hybridized carbons (Fsp3) is 0.692. The molecule has 0 saturated carbocycles. The van der Waals surface area contributed by atoms with Crippen LogP contribution in [0.3, 0.4) is 0 Å². The van der Waals surface area contributed by atoms with E-state index in [1.165, 1.54) is 11.3 Å². The Labute approximate surface area is 124 Å². The van der Waals surface area contributed by atoms with Gasteiger partial charge in [0.15, 0.2) is 5.13 Å². The maximum atomic E-state index is 12.7. The van der Waals surface area contributed by atoms with Crippen molar-refractivity contribution < 1.29 is 4.79 Å². The van der Waals surface area contributed by atoms with Crippen LogP contribution in [-0.2, 0) is 0 Å². The highest BCUT2D eigenvalue weighted by molar-refractivity contribution is 7.18. The van der Waals surface area contributed by atoms with Gasteiger partial charge in [0.05, 0.1) is 0 Å². The number of nitrogens with one attached hydrogen (secondary N) is 1. The Morgan fingerprint density at radius 3 is 2.90 bits per heavy atom. The second-order valence-electron chi connectivity index (χ2n) is 5.16. The van der Waals surface area contributed by atoms with Crippen molar-refractivity contribution in [3.05, 3.63) is 4.88 Å². The van der Waals surface area contributed by atoms with Crippen molar-refractivity contribution in [2.45, 2.75) is 25.8 Å². The minimum atomic E-state index is 0.0173. The van der Waals surface area contributed by atoms with Crippen LogP contribution in [0.4, 0.5) is 10.9 Å². The molecule has 1 aliphatic rings. The second-order valence-corrected chi connectivity index (χ2v) is 6.16. The SMILES string of the molecule is CCC1CN(C)CCCN1C(=O)c1sc(NC)nc1N. The summed E-state index contributed by atoms with van der Waals surface area (Å²) in [6.45, 7) is 4.85. The van der Waals surface area contributed by atoms with E-state index in [0.29, 0.717) is 15.8 Å². The zero-order valence-electron chi connectivity index (χ0n) is 12.3. The van der Waals surface area contributed by atoms with E-state index >= 15 is 0 Å². The van der Waals surface area contributed by atoms with Gasteiger partial charge in [0, 0.05) is 26.2 Å². The Morgan fingerprint density at radius 1 is 1.55 bits per heavy atom. The molecule has 3 N–H and O–H groups in total. The standard InChI is InChI=1S/C13H23N5OS/c1-4-9-8-17(3)6-5-7-18(9)12(19)10-11(14)16-13(15-2)20-10/h9H,4-8,14H2,1-3H3,(H,15,16). The number of nitrogens with two attached hydrogens (primary N) is 1. The monoisotopic (exact) mass is 297 g/mol. The van der Waals surface area contributed by atoms with E-state index in [-0.39, 0.29) is 11.9 Å². The van der Waals surface area contributed by atoms with Crippen LogP contribution in [0.1, 0.15) is 29.4 Å². The molecule has 0 aromatic carbocycles. The van der Waals surface area contributed by atoms with Crippen molar-refractivity contribution in [1.29, 1.82) is 0 Å². The first-order valence-electron chi connectivity index (χ1n) is 7.00. The Bertz CT molecular complexity index is 475. The number of likely N-dealkylation sites (N-methyl/N-ethyl adjacent to an activating group) is 1. The van der Waals surface area contributed by atoms with Crippen LogP contribution < -0.4 is 11.1 Å². The zero-order valence-corrected chi connectivity index (χ0v) is 13.2. The van der Waals surface area contributed by atoms with Crippen molar-refractivity contribution in [1.82, 2.24) is 14.8 Å². The number of anilines is 2. The summed E-state index contributed by atoms with van der Waals surface area (Å²) in [5, 5.41) is 3.62. The van der Waals surface area contributed by atoms with E-state index < -0.39 is 0 Å². The summed E-state index contributed by atoms with van der Waals surface area (Å²) >= 11 is 1.33. The second kappa shape index (κ2) is 6.41. The number of carbonyl (C=O) groups excluding carboxylic acids is 1. The average molecular weight is 297 g/mol. The summed E-state index contributed by atoms with van der Waals surface area (Å²) in [6.07, 6.45) is 1.95. The van der Waals surface area contributed by atoms with Crippen molar-refractivity contribution in [3.8, 4) is 0 Å². The molecule has 0 aliphatic carbocycles. The molecular weight excluding hydrogens is 274 g/mol. The fourth-order valence-corrected chi connectivity index (χ4v) is 3.38. The number of amides is 1. The van der Waals surface area contributed by atoms with Crippen LogP contribution in [0.15, 0.2) is 0 Å². The van der Waals surface area contributed by atoms with Gasteiger partial charge in [-0.2, -0.15) is 0 Å². The Morgan fingerprint density at radius 2 is 2.30 bits per heavy atom. The van der Waals surface area contributed by atoms with E-state index in [1.807, 2.05) is 4.90 Å². The predicted molar refractivity (Wildman–Crippen MR) is 83.3 cm³/mol. The summed E-state index contributed by atoms with van der Waals surface area (Å²) in [7, 11) is 3.89. The highest BCUT2D eigenvalue weighted by Gasteiger charge is 2.29. The van der Waals surface area contributed by atoms with Gasteiger partial charge in [-0.15, -0.1) is 0 Å². The molecule has 1 aromatic heterocycles. The molecule has 2 rings (SSSR count). The van der Waals surface area contributed by atoms with Gasteiger partial charge in [-0.1, -0.05) is 18.3 Å². The minimum absolute atomic E-state index is 0.0173. The number of carbonyl (C=O) groups is 1. The van der Waals surface area contributed by atoms with E-state index in [4.69, 9.17) is 5.73 Å². The van der Waals surface area contributed by atoms with Crippen molar-refractivity contribution in [3.63, 3.8) is 0 Å². The lowest BCUT2D eigenvalue weighted by molar-refractivity contribution is 0.0681. The van der Waals surface area contributed by atoms with Crippen molar-refractivity contribution in [2.24, 2.45) is 0 Å². The topological polar surface area (TPSA) is 74.5 Å². The first-order chi connectivity index (χ1) is 9.56. The summed E-state index contributed by atoms with van der Waals surface area (Å²) < 4.78 is 0. The Balaban J connectivity index is 2.23. The number of aromatic nitrogens is 1. The third kappa shape index (κ3) is 3.04. The molecule has 20 heavy (non-hydrogen) atoms. The Kier molecular flexibility index (Phi) is 4.82. The van der Waals surface area contributed by atoms with Gasteiger partial charge in [-0.25, -0.2) is 4.98 Å². The largest absolute Gasteiger partial charge is 0.382 e. The van der Waals surface area contributed by atoms with Crippen LogP contribution in [0.2, 0.25) is 0 Å².